The van der Waals surface area contributed by atoms with Gasteiger partial charge >= 0.3 is 5.97 Å². The Labute approximate surface area is 190 Å². The maximum atomic E-state index is 12.2. The third-order valence-electron chi connectivity index (χ3n) is 4.26. The van der Waals surface area contributed by atoms with E-state index in [0.717, 1.165) is 18.2 Å². The first kappa shape index (κ1) is 23.5. The summed E-state index contributed by atoms with van der Waals surface area (Å²) in [5, 5.41) is 29.1. The van der Waals surface area contributed by atoms with Crippen LogP contribution in [0.4, 0.5) is 22.7 Å². The number of methoxy groups -OCH3 is 1. The van der Waals surface area contributed by atoms with E-state index in [-0.39, 0.29) is 16.8 Å². The Kier molecular flexibility index (Phi) is 7.18. The summed E-state index contributed by atoms with van der Waals surface area (Å²) in [6.07, 6.45) is 0. The first-order chi connectivity index (χ1) is 16.3. The molecule has 0 aliphatic heterocycles. The van der Waals surface area contributed by atoms with Crippen molar-refractivity contribution >= 4 is 34.6 Å². The second-order valence-corrected chi connectivity index (χ2v) is 6.53. The van der Waals surface area contributed by atoms with Gasteiger partial charge in [0, 0.05) is 12.1 Å². The third kappa shape index (κ3) is 5.94. The molecule has 172 valence electrons. The Balaban J connectivity index is 1.64. The first-order valence-electron chi connectivity index (χ1n) is 9.38. The predicted octanol–water partition coefficient (Wildman–Crippen LogP) is 4.62. The number of carbonyl (C=O) groups is 2. The molecular weight excluding hydrogens is 450 g/mol. The van der Waals surface area contributed by atoms with Crippen molar-refractivity contribution in [1.82, 2.24) is 0 Å². The Morgan fingerprint density at radius 3 is 2.12 bits per heavy atom. The summed E-state index contributed by atoms with van der Waals surface area (Å²) in [6, 6.07) is 14.8. The molecule has 0 heterocycles. The summed E-state index contributed by atoms with van der Waals surface area (Å²) in [5.41, 5.74) is 1.79. The summed E-state index contributed by atoms with van der Waals surface area (Å²) >= 11 is 0. The normalized spacial score (nSPS) is 10.5. The van der Waals surface area contributed by atoms with Gasteiger partial charge in [-0.3, -0.25) is 25.0 Å². The molecule has 0 saturated heterocycles. The van der Waals surface area contributed by atoms with Gasteiger partial charge in [-0.05, 0) is 42.5 Å². The fourth-order valence-corrected chi connectivity index (χ4v) is 2.60. The number of carbonyl (C=O) groups excluding carboxylic acids is 2. The van der Waals surface area contributed by atoms with E-state index in [9.17, 15) is 29.8 Å². The number of nitro groups is 2. The molecule has 13 nitrogen and oxygen atoms in total. The number of ether oxygens (including phenoxy) is 1. The fourth-order valence-electron chi connectivity index (χ4n) is 2.60. The van der Waals surface area contributed by atoms with Gasteiger partial charge in [-0.15, -0.1) is 10.2 Å². The first-order valence-corrected chi connectivity index (χ1v) is 9.38. The van der Waals surface area contributed by atoms with Gasteiger partial charge in [-0.1, -0.05) is 6.07 Å². The lowest BCUT2D eigenvalue weighted by Crippen LogP contribution is -2.10. The molecule has 13 heteroatoms. The molecular formula is C21H15N5O8. The van der Waals surface area contributed by atoms with Crippen LogP contribution >= 0.6 is 0 Å². The second kappa shape index (κ2) is 10.4. The molecule has 0 aromatic heterocycles. The zero-order chi connectivity index (χ0) is 24.7. The summed E-state index contributed by atoms with van der Waals surface area (Å²) in [6.45, 7) is 0. The van der Waals surface area contributed by atoms with E-state index in [1.54, 1.807) is 18.2 Å². The molecule has 0 unspecified atom stereocenters. The van der Waals surface area contributed by atoms with Crippen LogP contribution in [0.25, 0.3) is 0 Å². The van der Waals surface area contributed by atoms with Crippen molar-refractivity contribution in [2.24, 2.45) is 10.2 Å². The number of amides is 1. The minimum Gasteiger partial charge on any atom is -0.497 e. The SMILES string of the molecule is COc1cccc(C(=O)ONc2ccc(N=NC(=O)c3cc([N+](=O)[O-])cc([N+](=O)[O-])c3)cc2)c1. The molecule has 0 aliphatic rings. The van der Waals surface area contributed by atoms with Crippen molar-refractivity contribution < 1.29 is 29.0 Å². The van der Waals surface area contributed by atoms with E-state index in [1.165, 1.54) is 37.4 Å². The number of nitrogens with one attached hydrogen (secondary N) is 1. The van der Waals surface area contributed by atoms with Crippen LogP contribution in [-0.2, 0) is 4.84 Å². The number of nitrogens with zero attached hydrogens (tertiary/aromatic N) is 4. The maximum Gasteiger partial charge on any atom is 0.362 e. The van der Waals surface area contributed by atoms with Crippen molar-refractivity contribution in [3.8, 4) is 5.75 Å². The van der Waals surface area contributed by atoms with E-state index in [4.69, 9.17) is 9.57 Å². The van der Waals surface area contributed by atoms with Gasteiger partial charge < -0.3 is 9.57 Å². The van der Waals surface area contributed by atoms with Crippen LogP contribution < -0.4 is 10.2 Å². The lowest BCUT2D eigenvalue weighted by molar-refractivity contribution is -0.394. The van der Waals surface area contributed by atoms with Gasteiger partial charge in [-0.25, -0.2) is 10.3 Å². The Hall–Kier alpha value is -5.20. The third-order valence-corrected chi connectivity index (χ3v) is 4.26. The van der Waals surface area contributed by atoms with Crippen molar-refractivity contribution in [3.63, 3.8) is 0 Å². The van der Waals surface area contributed by atoms with Gasteiger partial charge in [0.05, 0.1) is 45.5 Å². The highest BCUT2D eigenvalue weighted by Crippen LogP contribution is 2.24. The van der Waals surface area contributed by atoms with Crippen LogP contribution in [-0.4, -0.2) is 28.8 Å². The smallest absolute Gasteiger partial charge is 0.362 e. The van der Waals surface area contributed by atoms with Gasteiger partial charge in [0.1, 0.15) is 5.75 Å². The topological polar surface area (TPSA) is 176 Å². The molecule has 34 heavy (non-hydrogen) atoms. The summed E-state index contributed by atoms with van der Waals surface area (Å²) in [7, 11) is 1.47. The molecule has 0 aliphatic carbocycles. The number of nitro benzene ring substituents is 2. The molecule has 1 N–H and O–H groups in total. The predicted molar refractivity (Wildman–Crippen MR) is 117 cm³/mol. The van der Waals surface area contributed by atoms with E-state index >= 15 is 0 Å². The minimum atomic E-state index is -0.999. The Morgan fingerprint density at radius 1 is 0.882 bits per heavy atom. The van der Waals surface area contributed by atoms with Crippen LogP contribution in [0.3, 0.4) is 0 Å². The van der Waals surface area contributed by atoms with Gasteiger partial charge in [0.15, 0.2) is 0 Å². The van der Waals surface area contributed by atoms with E-state index < -0.39 is 33.1 Å². The zero-order valence-electron chi connectivity index (χ0n) is 17.4. The van der Waals surface area contributed by atoms with Crippen molar-refractivity contribution in [2.45, 2.75) is 0 Å². The second-order valence-electron chi connectivity index (χ2n) is 6.53. The molecule has 0 saturated carbocycles. The molecule has 0 atom stereocenters. The molecule has 0 fully saturated rings. The highest BCUT2D eigenvalue weighted by Gasteiger charge is 2.19. The molecule has 0 spiro atoms. The number of hydrogen-bond acceptors (Lipinski definition) is 10. The van der Waals surface area contributed by atoms with Crippen LogP contribution in [0.5, 0.6) is 5.75 Å². The molecule has 0 bridgehead atoms. The van der Waals surface area contributed by atoms with E-state index in [0.29, 0.717) is 11.4 Å². The number of non-ortho nitro benzene ring substituents is 2. The highest BCUT2D eigenvalue weighted by atomic mass is 16.7. The van der Waals surface area contributed by atoms with Crippen molar-refractivity contribution in [2.75, 3.05) is 12.6 Å². The van der Waals surface area contributed by atoms with Gasteiger partial charge in [0.2, 0.25) is 0 Å². The van der Waals surface area contributed by atoms with Crippen LogP contribution in [0.2, 0.25) is 0 Å². The highest BCUT2D eigenvalue weighted by molar-refractivity contribution is 5.96. The fraction of sp³-hybridized carbons (Fsp3) is 0.0476. The van der Waals surface area contributed by atoms with Crippen LogP contribution in [0, 0.1) is 20.2 Å². The lowest BCUT2D eigenvalue weighted by atomic mass is 10.1. The number of anilines is 1. The monoisotopic (exact) mass is 465 g/mol. The standard InChI is InChI=1S/C21H15N5O8/c1-33-19-4-2-3-13(11-19)21(28)34-24-16-7-5-15(6-8-16)22-23-20(27)14-9-17(25(29)30)12-18(10-14)26(31)32/h2-12,24H,1H3. The number of hydrogen-bond donors (Lipinski definition) is 1. The average molecular weight is 465 g/mol. The zero-order valence-corrected chi connectivity index (χ0v) is 17.4. The van der Waals surface area contributed by atoms with Crippen molar-refractivity contribution in [1.29, 1.82) is 0 Å². The average Bonchev–Trinajstić information content (AvgIpc) is 2.86. The molecule has 3 aromatic carbocycles. The lowest BCUT2D eigenvalue weighted by Gasteiger charge is -2.07. The summed E-state index contributed by atoms with van der Waals surface area (Å²) < 4.78 is 5.05. The number of azo groups is 1. The molecule has 0 radical (unpaired) electrons. The van der Waals surface area contributed by atoms with E-state index in [1.807, 2.05) is 0 Å². The van der Waals surface area contributed by atoms with Crippen LogP contribution in [0.15, 0.2) is 77.0 Å². The minimum absolute atomic E-state index is 0.234. The molecule has 3 aromatic rings. The summed E-state index contributed by atoms with van der Waals surface area (Å²) in [4.78, 5) is 49.5. The number of benzene rings is 3. The van der Waals surface area contributed by atoms with Gasteiger partial charge in [-0.2, -0.15) is 0 Å². The summed E-state index contributed by atoms with van der Waals surface area (Å²) in [5.74, 6) is -1.14. The largest absolute Gasteiger partial charge is 0.497 e. The molecule has 3 rings (SSSR count). The Bertz CT molecular complexity index is 1260. The van der Waals surface area contributed by atoms with Gasteiger partial charge in [0.25, 0.3) is 17.3 Å². The molecule has 1 amide bonds. The number of rotatable bonds is 8. The Morgan fingerprint density at radius 2 is 1.53 bits per heavy atom. The van der Waals surface area contributed by atoms with Crippen LogP contribution in [0.1, 0.15) is 20.7 Å². The maximum absolute atomic E-state index is 12.2. The quantitative estimate of drug-likeness (QED) is 0.282. The van der Waals surface area contributed by atoms with E-state index in [2.05, 4.69) is 15.7 Å². The van der Waals surface area contributed by atoms with Crippen molar-refractivity contribution in [3.05, 3.63) is 98.1 Å².